The Morgan fingerprint density at radius 1 is 1.39 bits per heavy atom. The molecule has 0 unspecified atom stereocenters. The number of benzene rings is 1. The highest BCUT2D eigenvalue weighted by molar-refractivity contribution is 14.1. The van der Waals surface area contributed by atoms with E-state index < -0.39 is 5.97 Å². The minimum Gasteiger partial charge on any atom is -0.475 e. The summed E-state index contributed by atoms with van der Waals surface area (Å²) in [7, 11) is 0. The van der Waals surface area contributed by atoms with Crippen molar-refractivity contribution in [2.24, 2.45) is 0 Å². The molecule has 1 N–H and O–H groups in total. The second-order valence-electron chi connectivity index (χ2n) is 3.44. The van der Waals surface area contributed by atoms with Crippen LogP contribution in [0.4, 0.5) is 0 Å². The van der Waals surface area contributed by atoms with Crippen molar-refractivity contribution < 1.29 is 9.90 Å². The maximum atomic E-state index is 10.9. The van der Waals surface area contributed by atoms with Crippen LogP contribution >= 0.6 is 33.9 Å². The Morgan fingerprint density at radius 3 is 2.94 bits per heavy atom. The molecular formula is C10H5IN4O2S. The predicted octanol–water partition coefficient (Wildman–Crippen LogP) is 2.16. The van der Waals surface area contributed by atoms with E-state index >= 15 is 0 Å². The summed E-state index contributed by atoms with van der Waals surface area (Å²) < 4.78 is 2.34. The van der Waals surface area contributed by atoms with Crippen LogP contribution in [0.3, 0.4) is 0 Å². The van der Waals surface area contributed by atoms with E-state index in [0.29, 0.717) is 4.96 Å². The molecule has 0 radical (unpaired) electrons. The number of nitrogens with zero attached hydrogens (tertiary/aromatic N) is 4. The highest BCUT2D eigenvalue weighted by Gasteiger charge is 2.17. The van der Waals surface area contributed by atoms with Crippen molar-refractivity contribution in [2.45, 2.75) is 0 Å². The summed E-state index contributed by atoms with van der Waals surface area (Å²) in [5.41, 5.74) is 0.939. The highest BCUT2D eigenvalue weighted by Crippen LogP contribution is 2.26. The third kappa shape index (κ3) is 1.86. The van der Waals surface area contributed by atoms with E-state index in [9.17, 15) is 4.79 Å². The van der Waals surface area contributed by atoms with Crippen LogP contribution in [0.5, 0.6) is 0 Å². The molecule has 2 aromatic heterocycles. The van der Waals surface area contributed by atoms with E-state index in [2.05, 4.69) is 37.9 Å². The van der Waals surface area contributed by atoms with Gasteiger partial charge in [-0.3, -0.25) is 0 Å². The average Bonchev–Trinajstić information content (AvgIpc) is 2.87. The Bertz CT molecular complexity index is 751. The molecule has 0 aliphatic rings. The Balaban J connectivity index is 2.17. The standard InChI is InChI=1S/C10H5IN4O2S/c11-6-3-1-2-5(4-6)8-14-15-7(9(16)17)12-13-10(15)18-8/h1-4H,(H,16,17). The highest BCUT2D eigenvalue weighted by atomic mass is 127. The zero-order chi connectivity index (χ0) is 12.7. The molecular weight excluding hydrogens is 367 g/mol. The van der Waals surface area contributed by atoms with E-state index in [0.717, 1.165) is 14.1 Å². The zero-order valence-corrected chi connectivity index (χ0v) is 11.7. The Hall–Kier alpha value is -1.55. The van der Waals surface area contributed by atoms with Gasteiger partial charge < -0.3 is 5.11 Å². The first-order valence-corrected chi connectivity index (χ1v) is 6.76. The Labute approximate surface area is 118 Å². The lowest BCUT2D eigenvalue weighted by Gasteiger charge is -1.95. The normalized spacial score (nSPS) is 10.9. The van der Waals surface area contributed by atoms with E-state index in [-0.39, 0.29) is 5.82 Å². The number of carboxylic acid groups (broad SMARTS) is 1. The lowest BCUT2D eigenvalue weighted by atomic mass is 10.2. The second-order valence-corrected chi connectivity index (χ2v) is 5.64. The predicted molar refractivity (Wildman–Crippen MR) is 73.8 cm³/mol. The lowest BCUT2D eigenvalue weighted by molar-refractivity contribution is 0.0680. The molecule has 8 heteroatoms. The molecule has 0 bridgehead atoms. The summed E-state index contributed by atoms with van der Waals surface area (Å²) in [6.45, 7) is 0. The van der Waals surface area contributed by atoms with Crippen molar-refractivity contribution in [2.75, 3.05) is 0 Å². The summed E-state index contributed by atoms with van der Waals surface area (Å²) in [6, 6.07) is 7.81. The SMILES string of the molecule is O=C(O)c1nnc2sc(-c3cccc(I)c3)nn12. The number of hydrogen-bond acceptors (Lipinski definition) is 5. The van der Waals surface area contributed by atoms with E-state index in [1.54, 1.807) is 0 Å². The third-order valence-electron chi connectivity index (χ3n) is 2.25. The van der Waals surface area contributed by atoms with Crippen molar-refractivity contribution >= 4 is 44.9 Å². The molecule has 0 aliphatic heterocycles. The smallest absolute Gasteiger partial charge is 0.375 e. The summed E-state index contributed by atoms with van der Waals surface area (Å²) in [5, 5.41) is 21.3. The second kappa shape index (κ2) is 4.28. The van der Waals surface area contributed by atoms with Crippen LogP contribution in [0.2, 0.25) is 0 Å². The number of hydrogen-bond donors (Lipinski definition) is 1. The van der Waals surface area contributed by atoms with Crippen LogP contribution in [0.15, 0.2) is 24.3 Å². The number of aromatic carboxylic acids is 1. The minimum atomic E-state index is -1.14. The van der Waals surface area contributed by atoms with Gasteiger partial charge in [0.25, 0.3) is 5.82 Å². The van der Waals surface area contributed by atoms with Gasteiger partial charge in [-0.25, -0.2) is 4.79 Å². The Morgan fingerprint density at radius 2 is 2.22 bits per heavy atom. The topological polar surface area (TPSA) is 80.4 Å². The molecule has 0 atom stereocenters. The number of carbonyl (C=O) groups is 1. The van der Waals surface area contributed by atoms with Gasteiger partial charge in [-0.15, -0.1) is 10.2 Å². The van der Waals surface area contributed by atoms with Gasteiger partial charge in [-0.2, -0.15) is 9.61 Å². The fourth-order valence-corrected chi connectivity index (χ4v) is 2.87. The van der Waals surface area contributed by atoms with E-state index in [1.165, 1.54) is 15.9 Å². The van der Waals surface area contributed by atoms with Crippen molar-refractivity contribution in [1.29, 1.82) is 0 Å². The summed E-state index contributed by atoms with van der Waals surface area (Å²) in [4.78, 5) is 11.4. The number of carboxylic acids is 1. The molecule has 0 saturated heterocycles. The largest absolute Gasteiger partial charge is 0.475 e. The molecule has 90 valence electrons. The van der Waals surface area contributed by atoms with Gasteiger partial charge in [0.05, 0.1) is 0 Å². The van der Waals surface area contributed by atoms with Crippen molar-refractivity contribution in [3.63, 3.8) is 0 Å². The quantitative estimate of drug-likeness (QED) is 0.698. The van der Waals surface area contributed by atoms with Gasteiger partial charge in [-0.05, 0) is 34.7 Å². The number of halogens is 1. The number of rotatable bonds is 2. The minimum absolute atomic E-state index is 0.168. The molecule has 1 aromatic carbocycles. The van der Waals surface area contributed by atoms with Crippen LogP contribution < -0.4 is 0 Å². The molecule has 3 aromatic rings. The molecule has 18 heavy (non-hydrogen) atoms. The first-order valence-electron chi connectivity index (χ1n) is 4.86. The van der Waals surface area contributed by atoms with E-state index in [1.807, 2.05) is 24.3 Å². The van der Waals surface area contributed by atoms with Gasteiger partial charge in [-0.1, -0.05) is 23.5 Å². The van der Waals surface area contributed by atoms with Gasteiger partial charge in [0.15, 0.2) is 0 Å². The monoisotopic (exact) mass is 372 g/mol. The van der Waals surface area contributed by atoms with Gasteiger partial charge in [0.2, 0.25) is 4.96 Å². The molecule has 6 nitrogen and oxygen atoms in total. The van der Waals surface area contributed by atoms with Gasteiger partial charge >= 0.3 is 5.97 Å². The summed E-state index contributed by atoms with van der Waals surface area (Å²) >= 11 is 3.52. The van der Waals surface area contributed by atoms with Crippen molar-refractivity contribution in [3.05, 3.63) is 33.7 Å². The van der Waals surface area contributed by atoms with Crippen LogP contribution in [-0.4, -0.2) is 30.9 Å². The third-order valence-corrected chi connectivity index (χ3v) is 3.87. The first-order chi connectivity index (χ1) is 8.65. The molecule has 0 spiro atoms. The molecule has 2 heterocycles. The average molecular weight is 372 g/mol. The fourth-order valence-electron chi connectivity index (χ4n) is 1.49. The van der Waals surface area contributed by atoms with Crippen LogP contribution in [0.1, 0.15) is 10.6 Å². The summed E-state index contributed by atoms with van der Waals surface area (Å²) in [5.74, 6) is -1.31. The molecule has 0 amide bonds. The molecule has 3 rings (SSSR count). The van der Waals surface area contributed by atoms with Crippen LogP contribution in [0, 0.1) is 3.57 Å². The summed E-state index contributed by atoms with van der Waals surface area (Å²) in [6.07, 6.45) is 0. The van der Waals surface area contributed by atoms with Gasteiger partial charge in [0, 0.05) is 9.13 Å². The van der Waals surface area contributed by atoms with Crippen LogP contribution in [0.25, 0.3) is 15.5 Å². The molecule has 0 saturated carbocycles. The first kappa shape index (κ1) is 11.5. The van der Waals surface area contributed by atoms with Crippen LogP contribution in [-0.2, 0) is 0 Å². The van der Waals surface area contributed by atoms with Crippen molar-refractivity contribution in [1.82, 2.24) is 19.8 Å². The molecule has 0 aliphatic carbocycles. The number of aromatic nitrogens is 4. The van der Waals surface area contributed by atoms with E-state index in [4.69, 9.17) is 5.11 Å². The maximum absolute atomic E-state index is 10.9. The molecule has 0 fully saturated rings. The maximum Gasteiger partial charge on any atom is 0.375 e. The Kier molecular flexibility index (Phi) is 2.74. The van der Waals surface area contributed by atoms with Gasteiger partial charge in [0.1, 0.15) is 5.01 Å². The zero-order valence-electron chi connectivity index (χ0n) is 8.74. The number of fused-ring (bicyclic) bond motifs is 1. The lowest BCUT2D eigenvalue weighted by Crippen LogP contribution is -2.04. The van der Waals surface area contributed by atoms with Crippen molar-refractivity contribution in [3.8, 4) is 10.6 Å². The fraction of sp³-hybridized carbons (Fsp3) is 0.